The number of rotatable bonds is 7. The van der Waals surface area contributed by atoms with Crippen molar-refractivity contribution in [3.63, 3.8) is 0 Å². The molecule has 1 aromatic rings. The van der Waals surface area contributed by atoms with Gasteiger partial charge in [-0.25, -0.2) is 0 Å². The first-order chi connectivity index (χ1) is 12.2. The number of hydrogen-bond donors (Lipinski definition) is 2. The van der Waals surface area contributed by atoms with Gasteiger partial charge in [0.15, 0.2) is 0 Å². The zero-order chi connectivity index (χ0) is 17.5. The van der Waals surface area contributed by atoms with Crippen molar-refractivity contribution in [1.29, 1.82) is 0 Å². The first-order valence-corrected chi connectivity index (χ1v) is 10.0. The van der Waals surface area contributed by atoms with Crippen LogP contribution in [0.25, 0.3) is 0 Å². The quantitative estimate of drug-likeness (QED) is 0.800. The van der Waals surface area contributed by atoms with Crippen molar-refractivity contribution >= 4 is 5.91 Å². The Morgan fingerprint density at radius 3 is 2.56 bits per heavy atom. The number of aryl methyl sites for hydroxylation is 1. The molecule has 4 nitrogen and oxygen atoms in total. The molecule has 1 atom stereocenters. The molecule has 0 saturated carbocycles. The molecule has 3 rings (SSSR count). The fourth-order valence-corrected chi connectivity index (χ4v) is 4.10. The van der Waals surface area contributed by atoms with E-state index < -0.39 is 0 Å². The fourth-order valence-electron chi connectivity index (χ4n) is 4.10. The van der Waals surface area contributed by atoms with Gasteiger partial charge in [0.2, 0.25) is 5.91 Å². The summed E-state index contributed by atoms with van der Waals surface area (Å²) < 4.78 is 0. The zero-order valence-electron chi connectivity index (χ0n) is 15.6. The van der Waals surface area contributed by atoms with Gasteiger partial charge in [0.25, 0.3) is 0 Å². The van der Waals surface area contributed by atoms with Gasteiger partial charge in [-0.05, 0) is 76.7 Å². The topological polar surface area (TPSA) is 44.4 Å². The maximum absolute atomic E-state index is 12.3. The van der Waals surface area contributed by atoms with E-state index >= 15 is 0 Å². The first kappa shape index (κ1) is 18.4. The van der Waals surface area contributed by atoms with Gasteiger partial charge in [-0.2, -0.15) is 0 Å². The minimum atomic E-state index is 0.217. The molecule has 0 aromatic heterocycles. The molecule has 0 spiro atoms. The molecule has 2 fully saturated rings. The van der Waals surface area contributed by atoms with Gasteiger partial charge in [-0.3, -0.25) is 9.69 Å². The molecule has 25 heavy (non-hydrogen) atoms. The highest BCUT2D eigenvalue weighted by molar-refractivity contribution is 5.75. The normalized spacial score (nSPS) is 20.5. The lowest BCUT2D eigenvalue weighted by atomic mass is 9.93. The number of benzene rings is 1. The first-order valence-electron chi connectivity index (χ1n) is 10.0. The van der Waals surface area contributed by atoms with Crippen LogP contribution in [0.2, 0.25) is 0 Å². The van der Waals surface area contributed by atoms with Crippen LogP contribution in [0.3, 0.4) is 0 Å². The number of piperidine rings is 1. The predicted molar refractivity (Wildman–Crippen MR) is 103 cm³/mol. The molecule has 1 unspecified atom stereocenters. The smallest absolute Gasteiger partial charge is 0.220 e. The highest BCUT2D eigenvalue weighted by Gasteiger charge is 2.24. The van der Waals surface area contributed by atoms with E-state index in [1.54, 1.807) is 0 Å². The number of nitrogens with one attached hydrogen (secondary N) is 2. The van der Waals surface area contributed by atoms with Gasteiger partial charge in [0, 0.05) is 13.0 Å². The summed E-state index contributed by atoms with van der Waals surface area (Å²) in [6.45, 7) is 7.35. The molecule has 2 N–H and O–H groups in total. The molecule has 1 aromatic carbocycles. The van der Waals surface area contributed by atoms with E-state index in [0.717, 1.165) is 45.1 Å². The summed E-state index contributed by atoms with van der Waals surface area (Å²) in [5, 5.41) is 6.61. The number of carbonyl (C=O) groups excluding carboxylic acids is 1. The Morgan fingerprint density at radius 2 is 1.88 bits per heavy atom. The predicted octanol–water partition coefficient (Wildman–Crippen LogP) is 3.03. The van der Waals surface area contributed by atoms with E-state index in [1.165, 1.54) is 36.8 Å². The summed E-state index contributed by atoms with van der Waals surface area (Å²) in [6.07, 6.45) is 6.68. The summed E-state index contributed by atoms with van der Waals surface area (Å²) in [7, 11) is 0. The molecule has 2 heterocycles. The van der Waals surface area contributed by atoms with Crippen molar-refractivity contribution in [2.75, 3.05) is 32.7 Å². The minimum Gasteiger partial charge on any atom is -0.354 e. The standard InChI is InChI=1S/C21H33N3O/c1-17-4-7-19(8-5-17)20(24-14-2-3-15-24)16-23-21(25)9-6-18-10-12-22-13-11-18/h4-5,7-8,18,20,22H,2-3,6,9-16H2,1H3,(H,23,25). The summed E-state index contributed by atoms with van der Waals surface area (Å²) in [4.78, 5) is 14.9. The third-order valence-corrected chi connectivity index (χ3v) is 5.77. The number of nitrogens with zero attached hydrogens (tertiary/aromatic N) is 1. The highest BCUT2D eigenvalue weighted by atomic mass is 16.1. The summed E-state index contributed by atoms with van der Waals surface area (Å²) in [6, 6.07) is 9.11. The number of carbonyl (C=O) groups is 1. The molecular formula is C21H33N3O. The molecule has 0 bridgehead atoms. The Balaban J connectivity index is 1.51. The molecule has 0 aliphatic carbocycles. The molecule has 0 radical (unpaired) electrons. The molecule has 2 aliphatic heterocycles. The van der Waals surface area contributed by atoms with Gasteiger partial charge >= 0.3 is 0 Å². The van der Waals surface area contributed by atoms with Crippen molar-refractivity contribution in [3.05, 3.63) is 35.4 Å². The van der Waals surface area contributed by atoms with E-state index in [4.69, 9.17) is 0 Å². The van der Waals surface area contributed by atoms with Crippen LogP contribution >= 0.6 is 0 Å². The highest BCUT2D eigenvalue weighted by Crippen LogP contribution is 2.25. The second-order valence-corrected chi connectivity index (χ2v) is 7.71. The Kier molecular flexibility index (Phi) is 6.88. The van der Waals surface area contributed by atoms with Gasteiger partial charge in [-0.1, -0.05) is 29.8 Å². The molecule has 2 aliphatic rings. The van der Waals surface area contributed by atoms with Crippen LogP contribution in [0.15, 0.2) is 24.3 Å². The van der Waals surface area contributed by atoms with E-state index in [-0.39, 0.29) is 5.91 Å². The fraction of sp³-hybridized carbons (Fsp3) is 0.667. The van der Waals surface area contributed by atoms with Crippen molar-refractivity contribution in [2.45, 2.75) is 51.5 Å². The lowest BCUT2D eigenvalue weighted by Gasteiger charge is -2.28. The zero-order valence-corrected chi connectivity index (χ0v) is 15.6. The van der Waals surface area contributed by atoms with Crippen LogP contribution in [-0.4, -0.2) is 43.5 Å². The SMILES string of the molecule is Cc1ccc(C(CNC(=O)CCC2CCNCC2)N2CCCC2)cc1. The van der Waals surface area contributed by atoms with Crippen LogP contribution in [0.4, 0.5) is 0 Å². The molecule has 1 amide bonds. The van der Waals surface area contributed by atoms with E-state index in [2.05, 4.69) is 46.7 Å². The van der Waals surface area contributed by atoms with Crippen LogP contribution < -0.4 is 10.6 Å². The van der Waals surface area contributed by atoms with Crippen molar-refractivity contribution in [3.8, 4) is 0 Å². The van der Waals surface area contributed by atoms with Gasteiger partial charge < -0.3 is 10.6 Å². The van der Waals surface area contributed by atoms with Crippen molar-refractivity contribution in [1.82, 2.24) is 15.5 Å². The maximum atomic E-state index is 12.3. The Bertz CT molecular complexity index is 531. The van der Waals surface area contributed by atoms with Crippen LogP contribution in [0, 0.1) is 12.8 Å². The molecule has 138 valence electrons. The largest absolute Gasteiger partial charge is 0.354 e. The second-order valence-electron chi connectivity index (χ2n) is 7.71. The maximum Gasteiger partial charge on any atom is 0.220 e. The molecule has 4 heteroatoms. The average molecular weight is 344 g/mol. The minimum absolute atomic E-state index is 0.217. The third-order valence-electron chi connectivity index (χ3n) is 5.77. The molecule has 2 saturated heterocycles. The van der Waals surface area contributed by atoms with Crippen molar-refractivity contribution < 1.29 is 4.79 Å². The van der Waals surface area contributed by atoms with Gasteiger partial charge in [0.1, 0.15) is 0 Å². The summed E-state index contributed by atoms with van der Waals surface area (Å²) >= 11 is 0. The lowest BCUT2D eigenvalue weighted by molar-refractivity contribution is -0.121. The van der Waals surface area contributed by atoms with Crippen LogP contribution in [-0.2, 0) is 4.79 Å². The Labute approximate surface area is 152 Å². The molecular weight excluding hydrogens is 310 g/mol. The van der Waals surface area contributed by atoms with Gasteiger partial charge in [-0.15, -0.1) is 0 Å². The van der Waals surface area contributed by atoms with Gasteiger partial charge in [0.05, 0.1) is 6.04 Å². The van der Waals surface area contributed by atoms with E-state index in [0.29, 0.717) is 12.5 Å². The third kappa shape index (κ3) is 5.55. The summed E-state index contributed by atoms with van der Waals surface area (Å²) in [5.41, 5.74) is 2.61. The number of hydrogen-bond acceptors (Lipinski definition) is 3. The van der Waals surface area contributed by atoms with Crippen molar-refractivity contribution in [2.24, 2.45) is 5.92 Å². The second kappa shape index (κ2) is 9.35. The van der Waals surface area contributed by atoms with E-state index in [9.17, 15) is 4.79 Å². The number of amides is 1. The summed E-state index contributed by atoms with van der Waals surface area (Å²) in [5.74, 6) is 0.938. The van der Waals surface area contributed by atoms with Crippen LogP contribution in [0.1, 0.15) is 55.7 Å². The Hall–Kier alpha value is -1.39. The average Bonchev–Trinajstić information content (AvgIpc) is 3.17. The monoisotopic (exact) mass is 343 g/mol. The van der Waals surface area contributed by atoms with Crippen LogP contribution in [0.5, 0.6) is 0 Å². The Morgan fingerprint density at radius 1 is 1.20 bits per heavy atom. The lowest BCUT2D eigenvalue weighted by Crippen LogP contribution is -2.37. The number of likely N-dealkylation sites (tertiary alicyclic amines) is 1. The van der Waals surface area contributed by atoms with E-state index in [1.807, 2.05) is 0 Å².